The van der Waals surface area contributed by atoms with Crippen molar-refractivity contribution in [3.05, 3.63) is 109 Å². The molecule has 2 aromatic heterocycles. The second kappa shape index (κ2) is 12.9. The van der Waals surface area contributed by atoms with Crippen LogP contribution >= 0.6 is 0 Å². The highest BCUT2D eigenvalue weighted by atomic mass is 16.4. The number of carboxylic acids is 1. The van der Waals surface area contributed by atoms with E-state index in [9.17, 15) is 14.7 Å². The summed E-state index contributed by atoms with van der Waals surface area (Å²) in [6, 6.07) is 33.1. The second-order valence-electron chi connectivity index (χ2n) is 11.9. The Morgan fingerprint density at radius 3 is 1.87 bits per heavy atom. The smallest absolute Gasteiger partial charge is 0.322 e. The van der Waals surface area contributed by atoms with E-state index < -0.39 is 12.5 Å². The summed E-state index contributed by atoms with van der Waals surface area (Å²) in [4.78, 5) is 25.1. The monoisotopic (exact) mass is 628 g/mol. The average molecular weight is 629 g/mol. The van der Waals surface area contributed by atoms with Crippen LogP contribution in [0.2, 0.25) is 0 Å². The van der Waals surface area contributed by atoms with Gasteiger partial charge in [-0.3, -0.25) is 9.59 Å². The molecular formula is C37H36N6O4. The van der Waals surface area contributed by atoms with Crippen LogP contribution in [0.3, 0.4) is 0 Å². The van der Waals surface area contributed by atoms with Gasteiger partial charge in [0.25, 0.3) is 0 Å². The molecule has 0 spiro atoms. The number of aliphatic hydroxyl groups is 1. The number of aliphatic hydroxyl groups excluding tert-OH is 1. The summed E-state index contributed by atoms with van der Waals surface area (Å²) in [6.45, 7) is 1.43. The molecule has 0 unspecified atom stereocenters. The SMILES string of the molecule is O=C(O)CNC(=O)Cn1ccc2cc(Nc3ccc(-n4ccc5cc(Nc6ccc(N7CCC(O)CC7)cc6)ccc54)cc3)ccc21. The molecule has 0 aliphatic carbocycles. The molecule has 0 radical (unpaired) electrons. The van der Waals surface area contributed by atoms with E-state index in [2.05, 4.69) is 104 Å². The Morgan fingerprint density at radius 1 is 0.681 bits per heavy atom. The number of aromatic nitrogens is 2. The van der Waals surface area contributed by atoms with Gasteiger partial charge in [-0.25, -0.2) is 0 Å². The minimum Gasteiger partial charge on any atom is -0.480 e. The zero-order valence-corrected chi connectivity index (χ0v) is 25.8. The Labute approximate surface area is 271 Å². The molecule has 1 fully saturated rings. The van der Waals surface area contributed by atoms with Crippen molar-refractivity contribution in [1.29, 1.82) is 0 Å². The third-order valence-corrected chi connectivity index (χ3v) is 8.63. The van der Waals surface area contributed by atoms with Crippen LogP contribution in [0, 0.1) is 0 Å². The Balaban J connectivity index is 0.990. The minimum absolute atomic E-state index is 0.0528. The largest absolute Gasteiger partial charge is 0.480 e. The van der Waals surface area contributed by atoms with Crippen LogP contribution in [0.25, 0.3) is 27.5 Å². The van der Waals surface area contributed by atoms with Gasteiger partial charge in [-0.1, -0.05) is 0 Å². The molecule has 10 heteroatoms. The number of hydrogen-bond acceptors (Lipinski definition) is 6. The predicted molar refractivity (Wildman–Crippen MR) is 186 cm³/mol. The number of fused-ring (bicyclic) bond motifs is 2. The number of hydrogen-bond donors (Lipinski definition) is 5. The van der Waals surface area contributed by atoms with Crippen LogP contribution in [0.15, 0.2) is 109 Å². The lowest BCUT2D eigenvalue weighted by atomic mass is 10.1. The highest BCUT2D eigenvalue weighted by Crippen LogP contribution is 2.29. The molecule has 3 heterocycles. The topological polar surface area (TPSA) is 124 Å². The van der Waals surface area contributed by atoms with Gasteiger partial charge in [-0.2, -0.15) is 0 Å². The van der Waals surface area contributed by atoms with Gasteiger partial charge in [-0.15, -0.1) is 0 Å². The standard InChI is InChI=1S/C37H36N6O4/c44-33-15-18-41(19-16-33)31-7-1-27(2-8-31)39-30-6-12-35-26(22-30)14-20-43(35)32-9-3-28(4-10-32)40-29-5-11-34-25(21-29)13-17-42(34)24-36(45)38-23-37(46)47/h1-14,17,20-22,33,39-40,44H,15-16,18-19,23-24H2,(H,38,45)(H,46,47). The van der Waals surface area contributed by atoms with Crippen molar-refractivity contribution in [3.8, 4) is 5.69 Å². The summed E-state index contributed by atoms with van der Waals surface area (Å²) in [5.74, 6) is -1.42. The molecule has 1 saturated heterocycles. The summed E-state index contributed by atoms with van der Waals surface area (Å²) in [6.07, 6.45) is 5.37. The third-order valence-electron chi connectivity index (χ3n) is 8.63. The molecule has 47 heavy (non-hydrogen) atoms. The summed E-state index contributed by atoms with van der Waals surface area (Å²) in [5, 5.41) is 30.1. The number of benzene rings is 4. The molecule has 1 aliphatic rings. The lowest BCUT2D eigenvalue weighted by Crippen LogP contribution is -2.35. The molecule has 238 valence electrons. The second-order valence-corrected chi connectivity index (χ2v) is 11.9. The van der Waals surface area contributed by atoms with Crippen LogP contribution in [-0.2, 0) is 16.1 Å². The molecule has 0 atom stereocenters. The van der Waals surface area contributed by atoms with Crippen molar-refractivity contribution < 1.29 is 19.8 Å². The molecule has 4 aromatic carbocycles. The van der Waals surface area contributed by atoms with E-state index in [0.717, 1.165) is 76.2 Å². The minimum atomic E-state index is -1.07. The van der Waals surface area contributed by atoms with Crippen LogP contribution in [-0.4, -0.2) is 57.0 Å². The first kappa shape index (κ1) is 29.9. The fraction of sp³-hybridized carbons (Fsp3) is 0.189. The molecule has 0 bridgehead atoms. The quantitative estimate of drug-likeness (QED) is 0.122. The number of aliphatic carboxylic acids is 1. The zero-order chi connectivity index (χ0) is 32.3. The van der Waals surface area contributed by atoms with E-state index in [-0.39, 0.29) is 18.6 Å². The zero-order valence-electron chi connectivity index (χ0n) is 25.8. The summed E-state index contributed by atoms with van der Waals surface area (Å²) in [7, 11) is 0. The first-order valence-corrected chi connectivity index (χ1v) is 15.7. The number of carbonyl (C=O) groups excluding carboxylic acids is 1. The van der Waals surface area contributed by atoms with E-state index in [1.165, 1.54) is 5.69 Å². The van der Waals surface area contributed by atoms with Gasteiger partial charge in [0.1, 0.15) is 13.1 Å². The van der Waals surface area contributed by atoms with Gasteiger partial charge in [0.05, 0.1) is 11.6 Å². The predicted octanol–water partition coefficient (Wildman–Crippen LogP) is 6.23. The van der Waals surface area contributed by atoms with Crippen LogP contribution in [0.1, 0.15) is 12.8 Å². The lowest BCUT2D eigenvalue weighted by molar-refractivity contribution is -0.138. The normalized spacial score (nSPS) is 13.6. The maximum atomic E-state index is 12.1. The fourth-order valence-electron chi connectivity index (χ4n) is 6.16. The van der Waals surface area contributed by atoms with Crippen molar-refractivity contribution in [1.82, 2.24) is 14.5 Å². The summed E-state index contributed by atoms with van der Waals surface area (Å²) >= 11 is 0. The number of amides is 1. The van der Waals surface area contributed by atoms with Crippen LogP contribution < -0.4 is 20.9 Å². The number of piperidine rings is 1. The van der Waals surface area contributed by atoms with Gasteiger partial charge < -0.3 is 40.2 Å². The van der Waals surface area contributed by atoms with Crippen molar-refractivity contribution in [2.45, 2.75) is 25.5 Å². The van der Waals surface area contributed by atoms with E-state index in [4.69, 9.17) is 5.11 Å². The van der Waals surface area contributed by atoms with E-state index in [1.807, 2.05) is 30.5 Å². The molecule has 10 nitrogen and oxygen atoms in total. The van der Waals surface area contributed by atoms with Gasteiger partial charge in [-0.05, 0) is 110 Å². The molecule has 7 rings (SSSR count). The van der Waals surface area contributed by atoms with Crippen molar-refractivity contribution in [2.75, 3.05) is 35.2 Å². The molecule has 1 aliphatic heterocycles. The summed E-state index contributed by atoms with van der Waals surface area (Å²) < 4.78 is 3.97. The van der Waals surface area contributed by atoms with Crippen LogP contribution in [0.4, 0.5) is 28.4 Å². The Bertz CT molecular complexity index is 2040. The number of rotatable bonds is 10. The molecule has 6 aromatic rings. The Kier molecular flexibility index (Phi) is 8.24. The average Bonchev–Trinajstić information content (AvgIpc) is 3.68. The highest BCUT2D eigenvalue weighted by molar-refractivity contribution is 5.88. The molecule has 0 saturated carbocycles. The maximum absolute atomic E-state index is 12.1. The van der Waals surface area contributed by atoms with Gasteiger partial charge >= 0.3 is 5.97 Å². The highest BCUT2D eigenvalue weighted by Gasteiger charge is 2.17. The third kappa shape index (κ3) is 6.78. The number of carboxylic acid groups (broad SMARTS) is 1. The lowest BCUT2D eigenvalue weighted by Gasteiger charge is -2.31. The van der Waals surface area contributed by atoms with E-state index >= 15 is 0 Å². The number of nitrogens with one attached hydrogen (secondary N) is 3. The fourth-order valence-corrected chi connectivity index (χ4v) is 6.16. The number of anilines is 5. The molecule has 5 N–H and O–H groups in total. The van der Waals surface area contributed by atoms with Crippen molar-refractivity contribution >= 4 is 62.1 Å². The molecular weight excluding hydrogens is 592 g/mol. The summed E-state index contributed by atoms with van der Waals surface area (Å²) in [5.41, 5.74) is 8.18. The van der Waals surface area contributed by atoms with E-state index in [0.29, 0.717) is 0 Å². The number of nitrogens with zero attached hydrogens (tertiary/aromatic N) is 3. The molecule has 1 amide bonds. The van der Waals surface area contributed by atoms with Crippen molar-refractivity contribution in [2.24, 2.45) is 0 Å². The van der Waals surface area contributed by atoms with Crippen LogP contribution in [0.5, 0.6) is 0 Å². The first-order chi connectivity index (χ1) is 22.9. The van der Waals surface area contributed by atoms with E-state index in [1.54, 1.807) is 4.57 Å². The Hall–Kier alpha value is -5.74. The Morgan fingerprint density at radius 2 is 1.23 bits per heavy atom. The van der Waals surface area contributed by atoms with Gasteiger partial charge in [0.2, 0.25) is 5.91 Å². The number of carbonyl (C=O) groups is 2. The van der Waals surface area contributed by atoms with Gasteiger partial charge in [0, 0.05) is 75.9 Å². The first-order valence-electron chi connectivity index (χ1n) is 15.7. The van der Waals surface area contributed by atoms with Gasteiger partial charge in [0.15, 0.2) is 0 Å². The maximum Gasteiger partial charge on any atom is 0.322 e. The van der Waals surface area contributed by atoms with Crippen molar-refractivity contribution in [3.63, 3.8) is 0 Å².